The number of amides is 2. The van der Waals surface area contributed by atoms with Crippen LogP contribution in [-0.2, 0) is 6.42 Å². The summed E-state index contributed by atoms with van der Waals surface area (Å²) in [5.41, 5.74) is 0.440. The second-order valence-corrected chi connectivity index (χ2v) is 9.74. The van der Waals surface area contributed by atoms with Crippen LogP contribution in [-0.4, -0.2) is 29.4 Å². The summed E-state index contributed by atoms with van der Waals surface area (Å²) in [4.78, 5) is 31.3. The molecule has 0 aliphatic heterocycles. The standard InChI is InChI=1S/C22H26ClN3O2S/c23-17-10-16(11-24-12-17)21(27)26-19(15-3-1-2-4-15)13-25-22(28)20-8-7-18(29-20)9-14-5-6-14/h7-8,10-12,14-15,19H,1-6,9,13H2,(H,25,28)(H,26,27). The molecule has 0 saturated heterocycles. The Hall–Kier alpha value is -1.92. The molecule has 2 aliphatic rings. The van der Waals surface area contributed by atoms with Gasteiger partial charge >= 0.3 is 0 Å². The highest BCUT2D eigenvalue weighted by Crippen LogP contribution is 2.34. The molecule has 0 spiro atoms. The van der Waals surface area contributed by atoms with Gasteiger partial charge < -0.3 is 10.6 Å². The van der Waals surface area contributed by atoms with Crippen molar-refractivity contribution in [2.45, 2.75) is 51.0 Å². The number of thiophene rings is 1. The molecule has 0 aromatic carbocycles. The van der Waals surface area contributed by atoms with E-state index >= 15 is 0 Å². The summed E-state index contributed by atoms with van der Waals surface area (Å²) in [6.07, 6.45) is 11.2. The van der Waals surface area contributed by atoms with Crippen LogP contribution in [0.2, 0.25) is 5.02 Å². The highest BCUT2D eigenvalue weighted by Gasteiger charge is 2.28. The van der Waals surface area contributed by atoms with Gasteiger partial charge in [-0.15, -0.1) is 11.3 Å². The van der Waals surface area contributed by atoms with E-state index in [4.69, 9.17) is 11.6 Å². The number of aromatic nitrogens is 1. The van der Waals surface area contributed by atoms with Crippen LogP contribution in [0.5, 0.6) is 0 Å². The third kappa shape index (κ3) is 5.58. The zero-order valence-electron chi connectivity index (χ0n) is 16.3. The van der Waals surface area contributed by atoms with Crippen LogP contribution in [0, 0.1) is 11.8 Å². The molecule has 2 aromatic heterocycles. The Morgan fingerprint density at radius 3 is 2.66 bits per heavy atom. The van der Waals surface area contributed by atoms with Crippen molar-refractivity contribution in [1.82, 2.24) is 15.6 Å². The molecule has 2 aliphatic carbocycles. The molecule has 4 rings (SSSR count). The zero-order valence-corrected chi connectivity index (χ0v) is 17.9. The highest BCUT2D eigenvalue weighted by atomic mass is 35.5. The first-order valence-corrected chi connectivity index (χ1v) is 11.6. The van der Waals surface area contributed by atoms with Gasteiger partial charge in [0.1, 0.15) is 0 Å². The minimum Gasteiger partial charge on any atom is -0.349 e. The first-order valence-electron chi connectivity index (χ1n) is 10.4. The van der Waals surface area contributed by atoms with Gasteiger partial charge in [-0.3, -0.25) is 14.6 Å². The van der Waals surface area contributed by atoms with Gasteiger partial charge in [0.15, 0.2) is 0 Å². The summed E-state index contributed by atoms with van der Waals surface area (Å²) in [7, 11) is 0. The molecule has 1 unspecified atom stereocenters. The number of carbonyl (C=O) groups excluding carboxylic acids is 2. The van der Waals surface area contributed by atoms with E-state index in [1.54, 1.807) is 17.4 Å². The SMILES string of the molecule is O=C(NC(CNC(=O)c1ccc(CC2CC2)s1)C1CCCC1)c1cncc(Cl)c1. The van der Waals surface area contributed by atoms with E-state index in [1.165, 1.54) is 43.0 Å². The maximum absolute atomic E-state index is 12.7. The fourth-order valence-corrected chi connectivity index (χ4v) is 5.20. The van der Waals surface area contributed by atoms with Crippen molar-refractivity contribution in [3.05, 3.63) is 50.9 Å². The minimum absolute atomic E-state index is 0.0567. The lowest BCUT2D eigenvalue weighted by molar-refractivity contribution is 0.0894. The van der Waals surface area contributed by atoms with Crippen LogP contribution in [0.15, 0.2) is 30.6 Å². The molecule has 2 N–H and O–H groups in total. The Balaban J connectivity index is 1.37. The first-order chi connectivity index (χ1) is 14.1. The van der Waals surface area contributed by atoms with Gasteiger partial charge in [0.2, 0.25) is 0 Å². The zero-order chi connectivity index (χ0) is 20.2. The fraction of sp³-hybridized carbons (Fsp3) is 0.500. The number of hydrogen-bond acceptors (Lipinski definition) is 4. The topological polar surface area (TPSA) is 71.1 Å². The van der Waals surface area contributed by atoms with Crippen LogP contribution < -0.4 is 10.6 Å². The molecule has 154 valence electrons. The van der Waals surface area contributed by atoms with Crippen LogP contribution in [0.1, 0.15) is 63.4 Å². The van der Waals surface area contributed by atoms with E-state index in [9.17, 15) is 9.59 Å². The lowest BCUT2D eigenvalue weighted by atomic mass is 9.97. The quantitative estimate of drug-likeness (QED) is 0.647. The van der Waals surface area contributed by atoms with Gasteiger partial charge in [-0.2, -0.15) is 0 Å². The number of rotatable bonds is 8. The van der Waals surface area contributed by atoms with E-state index in [2.05, 4.69) is 21.7 Å². The Morgan fingerprint density at radius 2 is 1.93 bits per heavy atom. The molecule has 1 atom stereocenters. The largest absolute Gasteiger partial charge is 0.349 e. The van der Waals surface area contributed by atoms with Crippen molar-refractivity contribution in [2.24, 2.45) is 11.8 Å². The van der Waals surface area contributed by atoms with Crippen LogP contribution in [0.3, 0.4) is 0 Å². The van der Waals surface area contributed by atoms with Crippen molar-refractivity contribution in [2.75, 3.05) is 6.54 Å². The Morgan fingerprint density at radius 1 is 1.14 bits per heavy atom. The number of halogens is 1. The molecular weight excluding hydrogens is 406 g/mol. The molecule has 2 fully saturated rings. The van der Waals surface area contributed by atoms with Gasteiger partial charge in [0.25, 0.3) is 11.8 Å². The number of hydrogen-bond donors (Lipinski definition) is 2. The first kappa shape index (κ1) is 20.4. The second kappa shape index (κ2) is 9.26. The number of pyridine rings is 1. The van der Waals surface area contributed by atoms with Gasteiger partial charge in [0.05, 0.1) is 15.5 Å². The summed E-state index contributed by atoms with van der Waals surface area (Å²) in [5.74, 6) is 0.931. The smallest absolute Gasteiger partial charge is 0.261 e. The maximum Gasteiger partial charge on any atom is 0.261 e. The summed E-state index contributed by atoms with van der Waals surface area (Å²) in [6, 6.07) is 5.50. The van der Waals surface area contributed by atoms with Crippen LogP contribution >= 0.6 is 22.9 Å². The predicted octanol–water partition coefficient (Wildman–Crippen LogP) is 4.47. The summed E-state index contributed by atoms with van der Waals surface area (Å²) < 4.78 is 0. The molecule has 0 radical (unpaired) electrons. The van der Waals surface area contributed by atoms with Gasteiger partial charge in [-0.1, -0.05) is 24.4 Å². The molecule has 29 heavy (non-hydrogen) atoms. The lowest BCUT2D eigenvalue weighted by Gasteiger charge is -2.25. The average molecular weight is 432 g/mol. The lowest BCUT2D eigenvalue weighted by Crippen LogP contribution is -2.47. The third-order valence-electron chi connectivity index (χ3n) is 5.81. The molecule has 2 amide bonds. The van der Waals surface area contributed by atoms with Crippen molar-refractivity contribution in [3.63, 3.8) is 0 Å². The Kier molecular flexibility index (Phi) is 6.50. The van der Waals surface area contributed by atoms with Crippen molar-refractivity contribution in [3.8, 4) is 0 Å². The Labute approximate surface area is 180 Å². The molecular formula is C22H26ClN3O2S. The summed E-state index contributed by atoms with van der Waals surface area (Å²) >= 11 is 7.55. The van der Waals surface area contributed by atoms with Crippen LogP contribution in [0.25, 0.3) is 0 Å². The molecule has 7 heteroatoms. The van der Waals surface area contributed by atoms with E-state index in [0.29, 0.717) is 23.0 Å². The predicted molar refractivity (Wildman–Crippen MR) is 116 cm³/mol. The number of carbonyl (C=O) groups is 2. The Bertz CT molecular complexity index is 874. The average Bonchev–Trinajstić information content (AvgIpc) is 3.17. The van der Waals surface area contributed by atoms with Gasteiger partial charge in [-0.05, 0) is 62.1 Å². The van der Waals surface area contributed by atoms with Crippen LogP contribution in [0.4, 0.5) is 0 Å². The third-order valence-corrected chi connectivity index (χ3v) is 7.12. The monoisotopic (exact) mass is 431 g/mol. The van der Waals surface area contributed by atoms with Gasteiger partial charge in [0, 0.05) is 29.9 Å². The maximum atomic E-state index is 12.7. The summed E-state index contributed by atoms with van der Waals surface area (Å²) in [5, 5.41) is 6.57. The van der Waals surface area contributed by atoms with E-state index in [-0.39, 0.29) is 17.9 Å². The van der Waals surface area contributed by atoms with Crippen molar-refractivity contribution < 1.29 is 9.59 Å². The van der Waals surface area contributed by atoms with E-state index < -0.39 is 0 Å². The second-order valence-electron chi connectivity index (χ2n) is 8.14. The molecule has 0 bridgehead atoms. The van der Waals surface area contributed by atoms with Crippen molar-refractivity contribution in [1.29, 1.82) is 0 Å². The summed E-state index contributed by atoms with van der Waals surface area (Å²) in [6.45, 7) is 0.430. The fourth-order valence-electron chi connectivity index (χ4n) is 3.99. The normalized spacial score (nSPS) is 17.8. The van der Waals surface area contributed by atoms with Crippen molar-refractivity contribution >= 4 is 34.8 Å². The molecule has 2 aromatic rings. The molecule has 2 saturated carbocycles. The van der Waals surface area contributed by atoms with E-state index in [0.717, 1.165) is 30.1 Å². The molecule has 5 nitrogen and oxygen atoms in total. The van der Waals surface area contributed by atoms with Gasteiger partial charge in [-0.25, -0.2) is 0 Å². The number of nitrogens with zero attached hydrogens (tertiary/aromatic N) is 1. The number of nitrogens with one attached hydrogen (secondary N) is 2. The highest BCUT2D eigenvalue weighted by molar-refractivity contribution is 7.14. The van der Waals surface area contributed by atoms with E-state index in [1.807, 2.05) is 6.07 Å². The molecule has 2 heterocycles. The minimum atomic E-state index is -0.200.